The van der Waals surface area contributed by atoms with Gasteiger partial charge < -0.3 is 10.4 Å². The highest BCUT2D eigenvalue weighted by Crippen LogP contribution is 2.33. The summed E-state index contributed by atoms with van der Waals surface area (Å²) in [6.45, 7) is 0. The summed E-state index contributed by atoms with van der Waals surface area (Å²) in [6, 6.07) is 3.93. The number of carbonyl (C=O) groups is 2. The summed E-state index contributed by atoms with van der Waals surface area (Å²) >= 11 is 3.10. The van der Waals surface area contributed by atoms with Gasteiger partial charge in [0.2, 0.25) is 5.91 Å². The number of thioether (sulfide) groups is 1. The van der Waals surface area contributed by atoms with E-state index < -0.39 is 11.5 Å². The van der Waals surface area contributed by atoms with Crippen molar-refractivity contribution < 1.29 is 14.7 Å². The highest BCUT2D eigenvalue weighted by molar-refractivity contribution is 8.01. The third-order valence-corrected chi connectivity index (χ3v) is 5.43. The molecule has 0 radical (unpaired) electrons. The number of carboxylic acid groups (broad SMARTS) is 1. The van der Waals surface area contributed by atoms with Crippen molar-refractivity contribution in [3.63, 3.8) is 0 Å². The Balaban J connectivity index is 1.86. The zero-order valence-electron chi connectivity index (χ0n) is 10.6. The summed E-state index contributed by atoms with van der Waals surface area (Å²) < 4.78 is 1.11. The molecule has 0 spiro atoms. The first-order valence-electron chi connectivity index (χ1n) is 6.29. The van der Waals surface area contributed by atoms with Crippen molar-refractivity contribution in [1.82, 2.24) is 5.32 Å². The molecule has 1 amide bonds. The lowest BCUT2D eigenvalue weighted by Crippen LogP contribution is -2.48. The molecular formula is C13H17NO3S2. The predicted molar refractivity (Wildman–Crippen MR) is 76.6 cm³/mol. The van der Waals surface area contributed by atoms with Crippen LogP contribution in [0, 0.1) is 0 Å². The summed E-state index contributed by atoms with van der Waals surface area (Å²) in [5.41, 5.74) is -0.515. The number of aliphatic carboxylic acids is 1. The van der Waals surface area contributed by atoms with Crippen molar-refractivity contribution in [2.24, 2.45) is 0 Å². The molecule has 1 fully saturated rings. The van der Waals surface area contributed by atoms with Crippen LogP contribution in [0.5, 0.6) is 0 Å². The number of amides is 1. The Hall–Kier alpha value is -1.01. The van der Waals surface area contributed by atoms with E-state index in [2.05, 4.69) is 5.32 Å². The third kappa shape index (κ3) is 4.24. The molecule has 1 saturated carbocycles. The lowest BCUT2D eigenvalue weighted by Gasteiger charge is -2.28. The molecule has 1 aliphatic rings. The van der Waals surface area contributed by atoms with E-state index in [-0.39, 0.29) is 12.3 Å². The summed E-state index contributed by atoms with van der Waals surface area (Å²) in [6.07, 6.45) is 3.56. The van der Waals surface area contributed by atoms with Gasteiger partial charge in [0.1, 0.15) is 0 Å². The molecule has 0 atom stereocenters. The van der Waals surface area contributed by atoms with Crippen LogP contribution in [0.1, 0.15) is 32.1 Å². The standard InChI is InChI=1S/C13H17NO3S2/c15-10(9-19-12-4-3-7-18-12)14-13(8-11(16)17)5-1-2-6-13/h3-4,7H,1-2,5-6,8-9H2,(H,14,15)(H,16,17). The molecular weight excluding hydrogens is 282 g/mol. The third-order valence-electron chi connectivity index (χ3n) is 3.30. The van der Waals surface area contributed by atoms with E-state index >= 15 is 0 Å². The van der Waals surface area contributed by atoms with Gasteiger partial charge in [0.15, 0.2) is 0 Å². The van der Waals surface area contributed by atoms with Crippen LogP contribution in [0.25, 0.3) is 0 Å². The number of carbonyl (C=O) groups excluding carboxylic acids is 1. The highest BCUT2D eigenvalue weighted by Gasteiger charge is 2.37. The molecule has 0 unspecified atom stereocenters. The average molecular weight is 299 g/mol. The van der Waals surface area contributed by atoms with E-state index in [1.54, 1.807) is 11.3 Å². The first-order chi connectivity index (χ1) is 9.10. The van der Waals surface area contributed by atoms with Crippen molar-refractivity contribution in [3.05, 3.63) is 17.5 Å². The number of hydrogen-bond acceptors (Lipinski definition) is 4. The second-order valence-electron chi connectivity index (χ2n) is 4.83. The first-order valence-corrected chi connectivity index (χ1v) is 8.15. The van der Waals surface area contributed by atoms with Gasteiger partial charge in [-0.2, -0.15) is 0 Å². The van der Waals surface area contributed by atoms with Gasteiger partial charge in [-0.1, -0.05) is 18.9 Å². The Morgan fingerprint density at radius 3 is 2.74 bits per heavy atom. The van der Waals surface area contributed by atoms with Crippen molar-refractivity contribution in [3.8, 4) is 0 Å². The lowest BCUT2D eigenvalue weighted by molar-refractivity contribution is -0.139. The van der Waals surface area contributed by atoms with Gasteiger partial charge in [-0.05, 0) is 24.3 Å². The Labute approximate surface area is 120 Å². The van der Waals surface area contributed by atoms with Gasteiger partial charge in [-0.15, -0.1) is 23.1 Å². The monoisotopic (exact) mass is 299 g/mol. The van der Waals surface area contributed by atoms with Crippen LogP contribution in [0.4, 0.5) is 0 Å². The molecule has 1 aromatic heterocycles. The molecule has 0 aromatic carbocycles. The van der Waals surface area contributed by atoms with Crippen molar-refractivity contribution in [2.45, 2.75) is 41.9 Å². The fraction of sp³-hybridized carbons (Fsp3) is 0.538. The maximum absolute atomic E-state index is 12.0. The minimum Gasteiger partial charge on any atom is -0.481 e. The topological polar surface area (TPSA) is 66.4 Å². The minimum atomic E-state index is -0.840. The molecule has 4 nitrogen and oxygen atoms in total. The molecule has 0 aliphatic heterocycles. The van der Waals surface area contributed by atoms with Gasteiger partial charge in [0.05, 0.1) is 21.9 Å². The molecule has 2 N–H and O–H groups in total. The smallest absolute Gasteiger partial charge is 0.305 e. The van der Waals surface area contributed by atoms with Crippen molar-refractivity contribution in [2.75, 3.05) is 5.75 Å². The number of hydrogen-bond donors (Lipinski definition) is 2. The predicted octanol–water partition coefficient (Wildman–Crippen LogP) is 2.74. The molecule has 104 valence electrons. The van der Waals surface area contributed by atoms with E-state index in [1.165, 1.54) is 11.8 Å². The number of thiophene rings is 1. The normalized spacial score (nSPS) is 17.3. The zero-order chi connectivity index (χ0) is 13.7. The first kappa shape index (κ1) is 14.4. The Bertz CT molecular complexity index is 439. The molecule has 2 rings (SSSR count). The minimum absolute atomic E-state index is 0.0302. The number of carboxylic acids is 1. The summed E-state index contributed by atoms with van der Waals surface area (Å²) in [4.78, 5) is 22.9. The maximum atomic E-state index is 12.0. The van der Waals surface area contributed by atoms with Gasteiger partial charge in [0.25, 0.3) is 0 Å². The summed E-state index contributed by atoms with van der Waals surface area (Å²) in [5, 5.41) is 13.9. The zero-order valence-corrected chi connectivity index (χ0v) is 12.2. The van der Waals surface area contributed by atoms with E-state index in [0.29, 0.717) is 5.75 Å². The summed E-state index contributed by atoms with van der Waals surface area (Å²) in [5.74, 6) is -0.559. The van der Waals surface area contributed by atoms with E-state index in [1.807, 2.05) is 17.5 Å². The molecule has 1 aliphatic carbocycles. The Morgan fingerprint density at radius 2 is 2.16 bits per heavy atom. The maximum Gasteiger partial charge on any atom is 0.305 e. The summed E-state index contributed by atoms with van der Waals surface area (Å²) in [7, 11) is 0. The fourth-order valence-electron chi connectivity index (χ4n) is 2.50. The fourth-order valence-corrected chi connectivity index (χ4v) is 4.09. The SMILES string of the molecule is O=C(O)CC1(NC(=O)CSc2cccs2)CCCC1. The Morgan fingerprint density at radius 1 is 1.42 bits per heavy atom. The van der Waals surface area contributed by atoms with Crippen LogP contribution in [0.2, 0.25) is 0 Å². The molecule has 1 aromatic rings. The van der Waals surface area contributed by atoms with Gasteiger partial charge in [-0.3, -0.25) is 9.59 Å². The number of rotatable bonds is 6. The van der Waals surface area contributed by atoms with Gasteiger partial charge in [-0.25, -0.2) is 0 Å². The van der Waals surface area contributed by atoms with Gasteiger partial charge in [0, 0.05) is 0 Å². The van der Waals surface area contributed by atoms with Crippen LogP contribution in [0.3, 0.4) is 0 Å². The molecule has 19 heavy (non-hydrogen) atoms. The molecule has 1 heterocycles. The largest absolute Gasteiger partial charge is 0.481 e. The number of nitrogens with one attached hydrogen (secondary N) is 1. The second kappa shape index (κ2) is 6.43. The second-order valence-corrected chi connectivity index (χ2v) is 7.05. The van der Waals surface area contributed by atoms with E-state index in [4.69, 9.17) is 5.11 Å². The lowest BCUT2D eigenvalue weighted by atomic mass is 9.93. The average Bonchev–Trinajstić information content (AvgIpc) is 2.97. The van der Waals surface area contributed by atoms with Crippen LogP contribution >= 0.6 is 23.1 Å². The van der Waals surface area contributed by atoms with E-state index in [9.17, 15) is 9.59 Å². The quantitative estimate of drug-likeness (QED) is 0.793. The van der Waals surface area contributed by atoms with E-state index in [0.717, 1.165) is 29.9 Å². The van der Waals surface area contributed by atoms with Crippen molar-refractivity contribution >= 4 is 35.0 Å². The molecule has 0 bridgehead atoms. The van der Waals surface area contributed by atoms with Crippen LogP contribution in [-0.4, -0.2) is 28.3 Å². The van der Waals surface area contributed by atoms with Gasteiger partial charge >= 0.3 is 5.97 Å². The Kier molecular flexibility index (Phi) is 4.87. The van der Waals surface area contributed by atoms with Crippen LogP contribution < -0.4 is 5.32 Å². The van der Waals surface area contributed by atoms with Crippen molar-refractivity contribution in [1.29, 1.82) is 0 Å². The van der Waals surface area contributed by atoms with Crippen LogP contribution in [0.15, 0.2) is 21.7 Å². The van der Waals surface area contributed by atoms with Crippen LogP contribution in [-0.2, 0) is 9.59 Å². The molecule has 6 heteroatoms. The highest BCUT2D eigenvalue weighted by atomic mass is 32.2. The molecule has 0 saturated heterocycles.